The number of ether oxygens (including phenoxy) is 2. The first-order chi connectivity index (χ1) is 17.4. The van der Waals surface area contributed by atoms with Gasteiger partial charge >= 0.3 is 0 Å². The molecule has 3 N–H and O–H groups in total. The highest BCUT2D eigenvalue weighted by Gasteiger charge is 2.21. The van der Waals surface area contributed by atoms with Crippen molar-refractivity contribution < 1.29 is 22.7 Å². The quantitative estimate of drug-likeness (QED) is 0.344. The number of amides is 1. The minimum Gasteiger partial charge on any atom is -0.486 e. The molecule has 0 fully saturated rings. The van der Waals surface area contributed by atoms with Gasteiger partial charge in [-0.15, -0.1) is 0 Å². The Morgan fingerprint density at radius 1 is 0.944 bits per heavy atom. The summed E-state index contributed by atoms with van der Waals surface area (Å²) in [6.07, 6.45) is 1.67. The summed E-state index contributed by atoms with van der Waals surface area (Å²) in [4.78, 5) is 24.7. The number of nitrogens with zero attached hydrogens (tertiary/aromatic N) is 3. The van der Waals surface area contributed by atoms with Crippen LogP contribution in [-0.2, 0) is 21.4 Å². The molecule has 0 saturated heterocycles. The smallest absolute Gasteiger partial charge is 0.263 e. The number of carbonyl (C=O) groups is 1. The first-order valence-corrected chi connectivity index (χ1v) is 12.5. The molecule has 184 valence electrons. The van der Waals surface area contributed by atoms with E-state index in [1.54, 1.807) is 24.4 Å². The van der Waals surface area contributed by atoms with Crippen molar-refractivity contribution in [2.24, 2.45) is 0 Å². The summed E-state index contributed by atoms with van der Waals surface area (Å²) in [6, 6.07) is 14.7. The molecule has 0 atom stereocenters. The summed E-state index contributed by atoms with van der Waals surface area (Å²) in [7, 11) is -4.03. The Bertz CT molecular complexity index is 1530. The molecule has 1 amide bonds. The average Bonchev–Trinajstić information content (AvgIpc) is 2.86. The summed E-state index contributed by atoms with van der Waals surface area (Å²) in [5, 5.41) is 5.73. The Labute approximate surface area is 207 Å². The van der Waals surface area contributed by atoms with Crippen LogP contribution >= 0.6 is 0 Å². The molecule has 2 aromatic carbocycles. The maximum Gasteiger partial charge on any atom is 0.263 e. The second-order valence-corrected chi connectivity index (χ2v) is 9.57. The summed E-state index contributed by atoms with van der Waals surface area (Å²) in [5.41, 5.74) is 2.16. The van der Waals surface area contributed by atoms with Crippen molar-refractivity contribution in [2.75, 3.05) is 28.6 Å². The number of pyridine rings is 1. The Balaban J connectivity index is 1.50. The van der Waals surface area contributed by atoms with Crippen LogP contribution in [0, 0.1) is 0 Å². The van der Waals surface area contributed by atoms with Crippen molar-refractivity contribution in [1.29, 1.82) is 0 Å². The first-order valence-electron chi connectivity index (χ1n) is 11.0. The zero-order valence-electron chi connectivity index (χ0n) is 19.2. The summed E-state index contributed by atoms with van der Waals surface area (Å²) in [5.74, 6) is 1.05. The van der Waals surface area contributed by atoms with Crippen molar-refractivity contribution in [3.8, 4) is 11.5 Å². The zero-order valence-corrected chi connectivity index (χ0v) is 20.0. The van der Waals surface area contributed by atoms with Gasteiger partial charge in [0.05, 0.1) is 28.2 Å². The Kier molecular flexibility index (Phi) is 6.25. The maximum absolute atomic E-state index is 13.2. The van der Waals surface area contributed by atoms with Gasteiger partial charge in [-0.1, -0.05) is 6.07 Å². The molecule has 12 heteroatoms. The molecule has 36 heavy (non-hydrogen) atoms. The minimum absolute atomic E-state index is 0.00338. The lowest BCUT2D eigenvalue weighted by Gasteiger charge is -2.19. The number of anilines is 3. The van der Waals surface area contributed by atoms with Gasteiger partial charge in [-0.25, -0.2) is 18.4 Å². The van der Waals surface area contributed by atoms with Crippen molar-refractivity contribution >= 4 is 44.3 Å². The molecule has 0 saturated carbocycles. The van der Waals surface area contributed by atoms with E-state index in [0.717, 1.165) is 5.69 Å². The molecule has 0 spiro atoms. The van der Waals surface area contributed by atoms with E-state index in [1.165, 1.54) is 31.2 Å². The lowest BCUT2D eigenvalue weighted by Crippen LogP contribution is -2.18. The zero-order chi connectivity index (χ0) is 25.1. The van der Waals surface area contributed by atoms with Crippen LogP contribution in [0.15, 0.2) is 65.7 Å². The van der Waals surface area contributed by atoms with Crippen molar-refractivity contribution in [3.05, 3.63) is 66.5 Å². The summed E-state index contributed by atoms with van der Waals surface area (Å²) < 4.78 is 40.2. The van der Waals surface area contributed by atoms with E-state index >= 15 is 0 Å². The van der Waals surface area contributed by atoms with Gasteiger partial charge in [0.2, 0.25) is 5.91 Å². The molecule has 0 radical (unpaired) electrons. The lowest BCUT2D eigenvalue weighted by molar-refractivity contribution is -0.114. The predicted molar refractivity (Wildman–Crippen MR) is 134 cm³/mol. The third-order valence-electron chi connectivity index (χ3n) is 5.21. The van der Waals surface area contributed by atoms with Crippen LogP contribution in [0.2, 0.25) is 0 Å². The molecule has 1 aliphatic rings. The molecule has 0 bridgehead atoms. The van der Waals surface area contributed by atoms with Crippen LogP contribution < -0.4 is 24.8 Å². The molecule has 2 aromatic heterocycles. The van der Waals surface area contributed by atoms with E-state index in [0.29, 0.717) is 48.0 Å². The lowest BCUT2D eigenvalue weighted by atomic mass is 10.2. The molecule has 3 heterocycles. The van der Waals surface area contributed by atoms with E-state index in [4.69, 9.17) is 9.47 Å². The fourth-order valence-electron chi connectivity index (χ4n) is 3.57. The van der Waals surface area contributed by atoms with Crippen LogP contribution in [0.4, 0.5) is 17.3 Å². The Morgan fingerprint density at radius 2 is 1.61 bits per heavy atom. The fraction of sp³-hybridized carbons (Fsp3) is 0.167. The first kappa shape index (κ1) is 23.3. The van der Waals surface area contributed by atoms with Crippen LogP contribution in [0.3, 0.4) is 0 Å². The fourth-order valence-corrected chi connectivity index (χ4v) is 4.58. The molecule has 4 aromatic rings. The third-order valence-corrected chi connectivity index (χ3v) is 6.56. The van der Waals surface area contributed by atoms with Crippen LogP contribution in [0.25, 0.3) is 11.0 Å². The topological polar surface area (TPSA) is 144 Å². The standard InChI is InChI=1S/C24H22N6O5S/c1-15(31)27-16-5-7-18(8-6-16)36(32,33)30-24-23(26-14-17-4-2-3-9-25-17)28-19-12-21-22(13-20(19)29-24)35-11-10-34-21/h2-9,12-13H,10-11,14H2,1H3,(H,26,28)(H,27,31)(H,29,30). The molecular weight excluding hydrogens is 484 g/mol. The monoisotopic (exact) mass is 506 g/mol. The van der Waals surface area contributed by atoms with Gasteiger partial charge in [-0.3, -0.25) is 14.5 Å². The van der Waals surface area contributed by atoms with Gasteiger partial charge in [0.25, 0.3) is 10.0 Å². The van der Waals surface area contributed by atoms with Gasteiger partial charge < -0.3 is 20.1 Å². The number of carbonyl (C=O) groups excluding carboxylic acids is 1. The second-order valence-electron chi connectivity index (χ2n) is 7.89. The second kappa shape index (κ2) is 9.66. The predicted octanol–water partition coefficient (Wildman–Crippen LogP) is 3.17. The highest BCUT2D eigenvalue weighted by molar-refractivity contribution is 7.92. The van der Waals surface area contributed by atoms with E-state index in [1.807, 2.05) is 12.1 Å². The van der Waals surface area contributed by atoms with Gasteiger partial charge in [-0.05, 0) is 36.4 Å². The molecule has 11 nitrogen and oxygen atoms in total. The number of hydrogen-bond acceptors (Lipinski definition) is 9. The summed E-state index contributed by atoms with van der Waals surface area (Å²) >= 11 is 0. The van der Waals surface area contributed by atoms with Crippen LogP contribution in [0.5, 0.6) is 11.5 Å². The van der Waals surface area contributed by atoms with E-state index < -0.39 is 10.0 Å². The number of nitrogens with one attached hydrogen (secondary N) is 3. The maximum atomic E-state index is 13.2. The van der Waals surface area contributed by atoms with Crippen molar-refractivity contribution in [3.63, 3.8) is 0 Å². The highest BCUT2D eigenvalue weighted by Crippen LogP contribution is 2.35. The SMILES string of the molecule is CC(=O)Nc1ccc(S(=O)(=O)Nc2nc3cc4c(cc3nc2NCc2ccccn2)OCCO4)cc1. The number of benzene rings is 2. The highest BCUT2D eigenvalue weighted by atomic mass is 32.2. The van der Waals surface area contributed by atoms with Crippen molar-refractivity contribution in [2.45, 2.75) is 18.4 Å². The molecule has 0 unspecified atom stereocenters. The number of fused-ring (bicyclic) bond motifs is 2. The van der Waals surface area contributed by atoms with Crippen molar-refractivity contribution in [1.82, 2.24) is 15.0 Å². The number of aromatic nitrogens is 3. The third kappa shape index (κ3) is 5.13. The van der Waals surface area contributed by atoms with Gasteiger partial charge in [0.15, 0.2) is 23.1 Å². The number of hydrogen-bond donors (Lipinski definition) is 3. The van der Waals surface area contributed by atoms with Gasteiger partial charge in [0, 0.05) is 30.9 Å². The Morgan fingerprint density at radius 3 is 2.22 bits per heavy atom. The number of rotatable bonds is 7. The number of sulfonamides is 1. The minimum atomic E-state index is -4.03. The summed E-state index contributed by atoms with van der Waals surface area (Å²) in [6.45, 7) is 2.50. The largest absolute Gasteiger partial charge is 0.486 e. The van der Waals surface area contributed by atoms with E-state index in [2.05, 4.69) is 30.3 Å². The normalized spacial score (nSPS) is 12.7. The van der Waals surface area contributed by atoms with Crippen LogP contribution in [0.1, 0.15) is 12.6 Å². The molecule has 0 aliphatic carbocycles. The van der Waals surface area contributed by atoms with E-state index in [9.17, 15) is 13.2 Å². The van der Waals surface area contributed by atoms with E-state index in [-0.39, 0.29) is 22.4 Å². The average molecular weight is 507 g/mol. The Hall–Kier alpha value is -4.45. The van der Waals surface area contributed by atoms with Gasteiger partial charge in [-0.2, -0.15) is 0 Å². The molecular formula is C24H22N6O5S. The molecule has 5 rings (SSSR count). The molecule has 1 aliphatic heterocycles. The van der Waals surface area contributed by atoms with Gasteiger partial charge in [0.1, 0.15) is 13.2 Å². The van der Waals surface area contributed by atoms with Crippen LogP contribution in [-0.4, -0.2) is 42.5 Å².